The number of carbonyl (C=O) groups excluding carboxylic acids is 2. The van der Waals surface area contributed by atoms with Gasteiger partial charge in [0.2, 0.25) is 5.91 Å². The van der Waals surface area contributed by atoms with Gasteiger partial charge in [-0.1, -0.05) is 30.3 Å². The molecule has 7 nitrogen and oxygen atoms in total. The molecule has 1 aromatic carbocycles. The van der Waals surface area contributed by atoms with Crippen molar-refractivity contribution in [1.29, 1.82) is 0 Å². The lowest BCUT2D eigenvalue weighted by atomic mass is 10.2. The lowest BCUT2D eigenvalue weighted by molar-refractivity contribution is -0.129. The third kappa shape index (κ3) is 3.83. The Morgan fingerprint density at radius 2 is 1.54 bits per heavy atom. The topological polar surface area (TPSA) is 69.6 Å². The highest BCUT2D eigenvalue weighted by Crippen LogP contribution is 2.23. The fourth-order valence-corrected chi connectivity index (χ4v) is 3.75. The van der Waals surface area contributed by atoms with Gasteiger partial charge in [0, 0.05) is 57.8 Å². The first-order chi connectivity index (χ1) is 13.6. The Balaban J connectivity index is 1.66. The molecule has 0 aliphatic carbocycles. The molecule has 2 fully saturated rings. The van der Waals surface area contributed by atoms with Crippen molar-refractivity contribution >= 4 is 17.6 Å². The van der Waals surface area contributed by atoms with Gasteiger partial charge < -0.3 is 14.7 Å². The van der Waals surface area contributed by atoms with Crippen molar-refractivity contribution in [2.45, 2.75) is 19.8 Å². The zero-order valence-electron chi connectivity index (χ0n) is 16.2. The molecule has 3 heterocycles. The summed E-state index contributed by atoms with van der Waals surface area (Å²) in [6, 6.07) is 11.5. The van der Waals surface area contributed by atoms with Crippen molar-refractivity contribution in [2.24, 2.45) is 0 Å². The van der Waals surface area contributed by atoms with Crippen LogP contribution in [0, 0.1) is 0 Å². The molecular weight excluding hydrogens is 354 g/mol. The minimum Gasteiger partial charge on any atom is -0.353 e. The van der Waals surface area contributed by atoms with Gasteiger partial charge in [-0.2, -0.15) is 0 Å². The van der Waals surface area contributed by atoms with Crippen molar-refractivity contribution in [3.05, 3.63) is 42.1 Å². The molecule has 0 atom stereocenters. The average molecular weight is 379 g/mol. The van der Waals surface area contributed by atoms with Crippen molar-refractivity contribution in [3.8, 4) is 11.4 Å². The molecule has 2 aliphatic heterocycles. The van der Waals surface area contributed by atoms with Crippen LogP contribution in [0.25, 0.3) is 11.4 Å². The number of benzene rings is 1. The Labute approximate surface area is 165 Å². The lowest BCUT2D eigenvalue weighted by Gasteiger charge is -2.35. The van der Waals surface area contributed by atoms with Crippen LogP contribution in [0.3, 0.4) is 0 Å². The van der Waals surface area contributed by atoms with Crippen LogP contribution in [0.1, 0.15) is 30.3 Å². The molecule has 2 aliphatic rings. The normalized spacial score (nSPS) is 17.1. The number of piperazine rings is 1. The smallest absolute Gasteiger partial charge is 0.272 e. The van der Waals surface area contributed by atoms with Crippen molar-refractivity contribution in [3.63, 3.8) is 0 Å². The van der Waals surface area contributed by atoms with Crippen molar-refractivity contribution < 1.29 is 9.59 Å². The lowest BCUT2D eigenvalue weighted by Crippen LogP contribution is -2.48. The summed E-state index contributed by atoms with van der Waals surface area (Å²) in [4.78, 5) is 39.8. The summed E-state index contributed by atoms with van der Waals surface area (Å²) in [5, 5.41) is 0. The van der Waals surface area contributed by atoms with Crippen LogP contribution in [-0.4, -0.2) is 70.9 Å². The first-order valence-electron chi connectivity index (χ1n) is 9.86. The highest BCUT2D eigenvalue weighted by atomic mass is 16.2. The molecule has 7 heteroatoms. The number of rotatable bonds is 3. The molecular formula is C21H25N5O2. The van der Waals surface area contributed by atoms with Gasteiger partial charge in [-0.3, -0.25) is 9.59 Å². The maximum absolute atomic E-state index is 13.0. The molecule has 1 aromatic heterocycles. The van der Waals surface area contributed by atoms with Gasteiger partial charge in [-0.15, -0.1) is 0 Å². The van der Waals surface area contributed by atoms with Gasteiger partial charge in [0.25, 0.3) is 5.91 Å². The quantitative estimate of drug-likeness (QED) is 0.816. The summed E-state index contributed by atoms with van der Waals surface area (Å²) >= 11 is 0. The van der Waals surface area contributed by atoms with Gasteiger partial charge in [0.1, 0.15) is 11.5 Å². The standard InChI is InChI=1S/C21H25N5O2/c1-16(27)24-11-13-25(14-12-24)19-15-18(21(28)26-9-5-6-10-26)22-20(23-19)17-7-3-2-4-8-17/h2-4,7-8,15H,5-6,9-14H2,1H3. The zero-order chi connectivity index (χ0) is 19.5. The van der Waals surface area contributed by atoms with E-state index in [2.05, 4.69) is 9.88 Å². The first kappa shape index (κ1) is 18.4. The number of likely N-dealkylation sites (tertiary alicyclic amines) is 1. The summed E-state index contributed by atoms with van der Waals surface area (Å²) in [5.74, 6) is 1.38. The van der Waals surface area contributed by atoms with Gasteiger partial charge in [-0.25, -0.2) is 9.97 Å². The summed E-state index contributed by atoms with van der Waals surface area (Å²) in [6.07, 6.45) is 2.09. The van der Waals surface area contributed by atoms with Gasteiger partial charge in [0.15, 0.2) is 5.82 Å². The minimum atomic E-state index is -0.0271. The van der Waals surface area contributed by atoms with E-state index in [1.807, 2.05) is 40.1 Å². The van der Waals surface area contributed by atoms with Crippen LogP contribution >= 0.6 is 0 Å². The molecule has 4 rings (SSSR count). The predicted molar refractivity (Wildman–Crippen MR) is 107 cm³/mol. The number of hydrogen-bond acceptors (Lipinski definition) is 5. The van der Waals surface area contributed by atoms with Crippen LogP contribution in [0.5, 0.6) is 0 Å². The highest BCUT2D eigenvalue weighted by molar-refractivity contribution is 5.93. The highest BCUT2D eigenvalue weighted by Gasteiger charge is 2.25. The molecule has 2 saturated heterocycles. The molecule has 0 unspecified atom stereocenters. The van der Waals surface area contributed by atoms with Crippen LogP contribution in [0.15, 0.2) is 36.4 Å². The van der Waals surface area contributed by atoms with E-state index in [0.717, 1.165) is 37.3 Å². The first-order valence-corrected chi connectivity index (χ1v) is 9.86. The summed E-state index contributed by atoms with van der Waals surface area (Å²) in [5.41, 5.74) is 1.34. The van der Waals surface area contributed by atoms with E-state index in [1.165, 1.54) is 0 Å². The van der Waals surface area contributed by atoms with Crippen LogP contribution in [0.2, 0.25) is 0 Å². The van der Waals surface area contributed by atoms with Crippen LogP contribution in [0.4, 0.5) is 5.82 Å². The maximum Gasteiger partial charge on any atom is 0.272 e. The summed E-state index contributed by atoms with van der Waals surface area (Å²) in [6.45, 7) is 5.89. The molecule has 0 saturated carbocycles. The molecule has 0 bridgehead atoms. The fourth-order valence-electron chi connectivity index (χ4n) is 3.75. The van der Waals surface area contributed by atoms with E-state index >= 15 is 0 Å². The molecule has 0 spiro atoms. The van der Waals surface area contributed by atoms with Gasteiger partial charge >= 0.3 is 0 Å². The predicted octanol–water partition coefficient (Wildman–Crippen LogP) is 2.05. The van der Waals surface area contributed by atoms with E-state index in [9.17, 15) is 9.59 Å². The summed E-state index contributed by atoms with van der Waals surface area (Å²) in [7, 11) is 0. The van der Waals surface area contributed by atoms with Gasteiger partial charge in [-0.05, 0) is 12.8 Å². The Hall–Kier alpha value is -2.96. The third-order valence-corrected chi connectivity index (χ3v) is 5.41. The SMILES string of the molecule is CC(=O)N1CCN(c2cc(C(=O)N3CCCC3)nc(-c3ccccc3)n2)CC1. The molecule has 2 amide bonds. The number of amides is 2. The zero-order valence-corrected chi connectivity index (χ0v) is 16.2. The molecule has 0 radical (unpaired) electrons. The van der Waals surface area contributed by atoms with Crippen molar-refractivity contribution in [1.82, 2.24) is 19.8 Å². The molecule has 2 aromatic rings. The fraction of sp³-hybridized carbons (Fsp3) is 0.429. The van der Waals surface area contributed by atoms with Crippen LogP contribution < -0.4 is 4.90 Å². The Morgan fingerprint density at radius 3 is 2.18 bits per heavy atom. The van der Waals surface area contributed by atoms with Crippen LogP contribution in [-0.2, 0) is 4.79 Å². The Bertz CT molecular complexity index is 856. The third-order valence-electron chi connectivity index (χ3n) is 5.41. The second-order valence-electron chi connectivity index (χ2n) is 7.29. The summed E-state index contributed by atoms with van der Waals surface area (Å²) < 4.78 is 0. The number of carbonyl (C=O) groups is 2. The van der Waals surface area contributed by atoms with E-state index in [1.54, 1.807) is 13.0 Å². The average Bonchev–Trinajstić information content (AvgIpc) is 3.28. The number of hydrogen-bond donors (Lipinski definition) is 0. The maximum atomic E-state index is 13.0. The second kappa shape index (κ2) is 7.96. The van der Waals surface area contributed by atoms with E-state index in [4.69, 9.17) is 4.98 Å². The van der Waals surface area contributed by atoms with Crippen molar-refractivity contribution in [2.75, 3.05) is 44.2 Å². The second-order valence-corrected chi connectivity index (χ2v) is 7.29. The number of nitrogens with zero attached hydrogens (tertiary/aromatic N) is 5. The Morgan fingerprint density at radius 1 is 0.857 bits per heavy atom. The Kier molecular flexibility index (Phi) is 5.23. The minimum absolute atomic E-state index is 0.0271. The largest absolute Gasteiger partial charge is 0.353 e. The van der Waals surface area contributed by atoms with E-state index in [-0.39, 0.29) is 11.8 Å². The molecule has 146 valence electrons. The molecule has 0 N–H and O–H groups in total. The molecule has 28 heavy (non-hydrogen) atoms. The van der Waals surface area contributed by atoms with Gasteiger partial charge in [0.05, 0.1) is 0 Å². The number of anilines is 1. The van der Waals surface area contributed by atoms with E-state index in [0.29, 0.717) is 37.7 Å². The monoisotopic (exact) mass is 379 g/mol. The van der Waals surface area contributed by atoms with E-state index < -0.39 is 0 Å². The number of aromatic nitrogens is 2.